The van der Waals surface area contributed by atoms with E-state index in [1.165, 1.54) is 0 Å². The molecule has 146 valence electrons. The van der Waals surface area contributed by atoms with Crippen LogP contribution in [0.3, 0.4) is 0 Å². The number of benzene rings is 1. The average molecular weight is 379 g/mol. The number of hydrogen-bond acceptors (Lipinski definition) is 5. The normalized spacial score (nSPS) is 13.6. The van der Waals surface area contributed by atoms with Crippen LogP contribution in [-0.2, 0) is 4.74 Å². The first-order valence-corrected chi connectivity index (χ1v) is 9.64. The van der Waals surface area contributed by atoms with Crippen LogP contribution in [0.2, 0.25) is 0 Å². The molecule has 7 nitrogen and oxygen atoms in total. The second kappa shape index (κ2) is 7.98. The number of methoxy groups -OCH3 is 1. The lowest BCUT2D eigenvalue weighted by Gasteiger charge is -2.10. The highest BCUT2D eigenvalue weighted by Gasteiger charge is 2.24. The van der Waals surface area contributed by atoms with E-state index in [0.29, 0.717) is 12.6 Å². The number of nitrogens with zero attached hydrogens (tertiary/aromatic N) is 3. The standard InChI is InChI=1S/C21H25N5O2/c1-14-12-15(4-7-17(14)21(27)25-16-5-6-16)18-13-24-20-19(22-8-3-11-28-2)23-9-10-26(18)20/h4,7,9-10,12-13,16H,3,5-6,8,11H2,1-2H3,(H,22,23)(H,25,27). The van der Waals surface area contributed by atoms with E-state index < -0.39 is 0 Å². The number of fused-ring (bicyclic) bond motifs is 1. The molecule has 3 aromatic rings. The highest BCUT2D eigenvalue weighted by molar-refractivity contribution is 5.96. The van der Waals surface area contributed by atoms with Gasteiger partial charge in [0, 0.05) is 49.8 Å². The zero-order chi connectivity index (χ0) is 19.5. The number of carbonyl (C=O) groups excluding carboxylic acids is 1. The molecule has 1 aliphatic rings. The molecule has 28 heavy (non-hydrogen) atoms. The van der Waals surface area contributed by atoms with Gasteiger partial charge in [-0.3, -0.25) is 9.20 Å². The molecule has 2 N–H and O–H groups in total. The molecule has 1 aromatic carbocycles. The first-order valence-electron chi connectivity index (χ1n) is 9.64. The van der Waals surface area contributed by atoms with Gasteiger partial charge < -0.3 is 15.4 Å². The van der Waals surface area contributed by atoms with Crippen molar-refractivity contribution in [2.75, 3.05) is 25.6 Å². The van der Waals surface area contributed by atoms with E-state index >= 15 is 0 Å². The highest BCUT2D eigenvalue weighted by Crippen LogP contribution is 2.26. The van der Waals surface area contributed by atoms with Crippen LogP contribution in [0.15, 0.2) is 36.8 Å². The molecule has 2 heterocycles. The van der Waals surface area contributed by atoms with Crippen LogP contribution in [0.4, 0.5) is 5.82 Å². The van der Waals surface area contributed by atoms with Gasteiger partial charge in [0.1, 0.15) is 0 Å². The third-order valence-electron chi connectivity index (χ3n) is 4.93. The Morgan fingerprint density at radius 2 is 2.18 bits per heavy atom. The Morgan fingerprint density at radius 1 is 1.32 bits per heavy atom. The molecule has 0 atom stereocenters. The van der Waals surface area contributed by atoms with Crippen LogP contribution in [0.5, 0.6) is 0 Å². The Balaban J connectivity index is 1.58. The molecule has 2 aromatic heterocycles. The van der Waals surface area contributed by atoms with Gasteiger partial charge in [-0.2, -0.15) is 0 Å². The fourth-order valence-electron chi connectivity index (χ4n) is 3.25. The Kier molecular flexibility index (Phi) is 5.25. The summed E-state index contributed by atoms with van der Waals surface area (Å²) in [7, 11) is 1.70. The summed E-state index contributed by atoms with van der Waals surface area (Å²) in [5.41, 5.74) is 4.45. The van der Waals surface area contributed by atoms with E-state index in [0.717, 1.165) is 59.7 Å². The lowest BCUT2D eigenvalue weighted by molar-refractivity contribution is 0.0950. The van der Waals surface area contributed by atoms with E-state index in [1.807, 2.05) is 41.9 Å². The van der Waals surface area contributed by atoms with Crippen molar-refractivity contribution in [1.29, 1.82) is 0 Å². The Labute approximate surface area is 164 Å². The van der Waals surface area contributed by atoms with Gasteiger partial charge in [0.05, 0.1) is 11.9 Å². The van der Waals surface area contributed by atoms with Crippen LogP contribution in [0.1, 0.15) is 35.2 Å². The summed E-state index contributed by atoms with van der Waals surface area (Å²) < 4.78 is 7.10. The highest BCUT2D eigenvalue weighted by atomic mass is 16.5. The van der Waals surface area contributed by atoms with E-state index in [4.69, 9.17) is 4.74 Å². The molecule has 1 fully saturated rings. The number of amides is 1. The van der Waals surface area contributed by atoms with Crippen molar-refractivity contribution in [3.8, 4) is 11.3 Å². The average Bonchev–Trinajstić information content (AvgIpc) is 3.39. The molecule has 0 bridgehead atoms. The van der Waals surface area contributed by atoms with Gasteiger partial charge in [0.2, 0.25) is 0 Å². The molecule has 4 rings (SSSR count). The molecule has 0 spiro atoms. The summed E-state index contributed by atoms with van der Waals surface area (Å²) in [4.78, 5) is 21.3. The zero-order valence-corrected chi connectivity index (χ0v) is 16.2. The molecule has 0 radical (unpaired) electrons. The topological polar surface area (TPSA) is 80.5 Å². The number of anilines is 1. The smallest absolute Gasteiger partial charge is 0.251 e. The van der Waals surface area contributed by atoms with Crippen molar-refractivity contribution in [2.45, 2.75) is 32.2 Å². The first kappa shape index (κ1) is 18.4. The number of ether oxygens (including phenoxy) is 1. The predicted molar refractivity (Wildman–Crippen MR) is 109 cm³/mol. The van der Waals surface area contributed by atoms with Gasteiger partial charge in [-0.1, -0.05) is 6.07 Å². The molecule has 0 aliphatic heterocycles. The first-order chi connectivity index (χ1) is 13.7. The number of nitrogens with one attached hydrogen (secondary N) is 2. The maximum absolute atomic E-state index is 12.4. The van der Waals surface area contributed by atoms with Crippen LogP contribution < -0.4 is 10.6 Å². The largest absolute Gasteiger partial charge is 0.385 e. The number of aryl methyl sites for hydroxylation is 1. The number of hydrogen-bond donors (Lipinski definition) is 2. The van der Waals surface area contributed by atoms with Gasteiger partial charge >= 0.3 is 0 Å². The number of imidazole rings is 1. The molecule has 0 saturated heterocycles. The van der Waals surface area contributed by atoms with Crippen molar-refractivity contribution in [3.05, 3.63) is 47.9 Å². The van der Waals surface area contributed by atoms with E-state index in [1.54, 1.807) is 13.3 Å². The minimum Gasteiger partial charge on any atom is -0.385 e. The molecule has 1 saturated carbocycles. The minimum absolute atomic E-state index is 0.0106. The second-order valence-corrected chi connectivity index (χ2v) is 7.16. The van der Waals surface area contributed by atoms with Crippen molar-refractivity contribution < 1.29 is 9.53 Å². The van der Waals surface area contributed by atoms with Gasteiger partial charge in [0.25, 0.3) is 5.91 Å². The third kappa shape index (κ3) is 3.84. The molecule has 7 heteroatoms. The van der Waals surface area contributed by atoms with Gasteiger partial charge in [0.15, 0.2) is 11.5 Å². The lowest BCUT2D eigenvalue weighted by Crippen LogP contribution is -2.26. The van der Waals surface area contributed by atoms with Crippen molar-refractivity contribution >= 4 is 17.4 Å². The monoisotopic (exact) mass is 379 g/mol. The van der Waals surface area contributed by atoms with E-state index in [2.05, 4.69) is 20.6 Å². The summed E-state index contributed by atoms with van der Waals surface area (Å²) in [6.07, 6.45) is 8.58. The van der Waals surface area contributed by atoms with Crippen LogP contribution >= 0.6 is 0 Å². The summed E-state index contributed by atoms with van der Waals surface area (Å²) in [6, 6.07) is 6.27. The maximum atomic E-state index is 12.4. The Morgan fingerprint density at radius 3 is 2.93 bits per heavy atom. The molecular weight excluding hydrogens is 354 g/mol. The van der Waals surface area contributed by atoms with Crippen LogP contribution in [-0.4, -0.2) is 46.6 Å². The second-order valence-electron chi connectivity index (χ2n) is 7.16. The Bertz CT molecular complexity index is 994. The maximum Gasteiger partial charge on any atom is 0.251 e. The lowest BCUT2D eigenvalue weighted by atomic mass is 10.0. The summed E-state index contributed by atoms with van der Waals surface area (Å²) in [5, 5.41) is 6.37. The predicted octanol–water partition coefficient (Wildman–Crippen LogP) is 3.05. The van der Waals surface area contributed by atoms with Gasteiger partial charge in [-0.25, -0.2) is 9.97 Å². The van der Waals surface area contributed by atoms with Crippen LogP contribution in [0, 0.1) is 6.92 Å². The fraction of sp³-hybridized carbons (Fsp3) is 0.381. The molecular formula is C21H25N5O2. The third-order valence-corrected chi connectivity index (χ3v) is 4.93. The molecule has 1 aliphatic carbocycles. The molecule has 0 unspecified atom stereocenters. The van der Waals surface area contributed by atoms with Crippen molar-refractivity contribution in [3.63, 3.8) is 0 Å². The summed E-state index contributed by atoms with van der Waals surface area (Å²) >= 11 is 0. The minimum atomic E-state index is 0.0106. The van der Waals surface area contributed by atoms with Crippen molar-refractivity contribution in [2.24, 2.45) is 0 Å². The van der Waals surface area contributed by atoms with E-state index in [9.17, 15) is 4.79 Å². The number of rotatable bonds is 8. The van der Waals surface area contributed by atoms with Crippen molar-refractivity contribution in [1.82, 2.24) is 19.7 Å². The summed E-state index contributed by atoms with van der Waals surface area (Å²) in [5.74, 6) is 0.762. The quantitative estimate of drug-likeness (QED) is 0.588. The SMILES string of the molecule is COCCCNc1nccn2c(-c3ccc(C(=O)NC4CC4)c(C)c3)cnc12. The summed E-state index contributed by atoms with van der Waals surface area (Å²) in [6.45, 7) is 3.45. The van der Waals surface area contributed by atoms with E-state index in [-0.39, 0.29) is 5.91 Å². The number of carbonyl (C=O) groups is 1. The van der Waals surface area contributed by atoms with Gasteiger partial charge in [-0.15, -0.1) is 0 Å². The van der Waals surface area contributed by atoms with Crippen LogP contribution in [0.25, 0.3) is 16.9 Å². The molecule has 1 amide bonds. The fourth-order valence-corrected chi connectivity index (χ4v) is 3.25. The zero-order valence-electron chi connectivity index (χ0n) is 16.2. The number of aromatic nitrogens is 3. The Hall–Kier alpha value is -2.93. The van der Waals surface area contributed by atoms with Gasteiger partial charge in [-0.05, 0) is 43.9 Å².